The topological polar surface area (TPSA) is 51.5 Å². The van der Waals surface area contributed by atoms with Gasteiger partial charge in [0.1, 0.15) is 10.6 Å². The maximum absolute atomic E-state index is 13.1. The summed E-state index contributed by atoms with van der Waals surface area (Å²) in [7, 11) is -2.15. The highest BCUT2D eigenvalue weighted by atomic mass is 79.9. The monoisotopic (exact) mass is 384 g/mol. The minimum atomic E-state index is -3.63. The molecule has 0 unspecified atom stereocenters. The Bertz CT molecular complexity index is 801. The normalized spacial score (nSPS) is 19.0. The summed E-state index contributed by atoms with van der Waals surface area (Å²) in [4.78, 5) is 0.191. The molecular formula is C15H17BrN2O3S. The third-order valence-corrected chi connectivity index (χ3v) is 6.48. The Morgan fingerprint density at radius 3 is 2.77 bits per heavy atom. The van der Waals surface area contributed by atoms with E-state index in [1.165, 1.54) is 11.4 Å². The van der Waals surface area contributed by atoms with E-state index < -0.39 is 10.0 Å². The number of hydrogen-bond acceptors (Lipinski definition) is 3. The summed E-state index contributed by atoms with van der Waals surface area (Å²) in [5.41, 5.74) is 1.00. The van der Waals surface area contributed by atoms with E-state index in [0.717, 1.165) is 5.69 Å². The van der Waals surface area contributed by atoms with Crippen LogP contribution in [0.2, 0.25) is 0 Å². The van der Waals surface area contributed by atoms with Crippen molar-refractivity contribution in [3.05, 3.63) is 46.7 Å². The van der Waals surface area contributed by atoms with Gasteiger partial charge in [-0.3, -0.25) is 0 Å². The molecule has 1 aliphatic rings. The number of halogens is 1. The van der Waals surface area contributed by atoms with Crippen LogP contribution in [-0.2, 0) is 16.6 Å². The van der Waals surface area contributed by atoms with Gasteiger partial charge in [-0.2, -0.15) is 4.31 Å². The highest BCUT2D eigenvalue weighted by molar-refractivity contribution is 9.10. The Kier molecular flexibility index (Phi) is 4.05. The van der Waals surface area contributed by atoms with Crippen LogP contribution in [0.3, 0.4) is 0 Å². The van der Waals surface area contributed by atoms with Gasteiger partial charge in [-0.1, -0.05) is 15.9 Å². The number of fused-ring (bicyclic) bond motifs is 1. The lowest BCUT2D eigenvalue weighted by atomic mass is 10.2. The Labute approximate surface area is 138 Å². The van der Waals surface area contributed by atoms with Crippen molar-refractivity contribution in [2.24, 2.45) is 0 Å². The maximum atomic E-state index is 13.1. The highest BCUT2D eigenvalue weighted by Gasteiger charge is 2.35. The van der Waals surface area contributed by atoms with Gasteiger partial charge in [-0.05, 0) is 37.3 Å². The second-order valence-electron chi connectivity index (χ2n) is 5.21. The number of ether oxygens (including phenoxy) is 1. The van der Waals surface area contributed by atoms with Gasteiger partial charge in [0.15, 0.2) is 0 Å². The zero-order valence-electron chi connectivity index (χ0n) is 12.4. The number of hydrogen-bond donors (Lipinski definition) is 0. The zero-order valence-corrected chi connectivity index (χ0v) is 14.8. The summed E-state index contributed by atoms with van der Waals surface area (Å²) in [6.07, 6.45) is 1.98. The molecule has 0 spiro atoms. The van der Waals surface area contributed by atoms with Crippen LogP contribution in [0, 0.1) is 0 Å². The van der Waals surface area contributed by atoms with Gasteiger partial charge < -0.3 is 9.30 Å². The minimum Gasteiger partial charge on any atom is -0.495 e. The fourth-order valence-corrected chi connectivity index (χ4v) is 5.16. The third kappa shape index (κ3) is 2.47. The highest BCUT2D eigenvalue weighted by Crippen LogP contribution is 2.35. The van der Waals surface area contributed by atoms with E-state index in [2.05, 4.69) is 20.5 Å². The van der Waals surface area contributed by atoms with Gasteiger partial charge in [0, 0.05) is 29.5 Å². The Hall–Kier alpha value is -1.31. The fourth-order valence-electron chi connectivity index (χ4n) is 2.86. The van der Waals surface area contributed by atoms with Crippen molar-refractivity contribution in [2.75, 3.05) is 13.7 Å². The maximum Gasteiger partial charge on any atom is 0.247 e. The number of sulfonamides is 1. The van der Waals surface area contributed by atoms with E-state index in [1.54, 1.807) is 18.2 Å². The largest absolute Gasteiger partial charge is 0.495 e. The second-order valence-corrected chi connectivity index (χ2v) is 7.99. The quantitative estimate of drug-likeness (QED) is 0.816. The Morgan fingerprint density at radius 2 is 2.05 bits per heavy atom. The SMILES string of the molecule is COc1ccc(Br)cc1S(=O)(=O)N1CCn2cccc2[C@H]1C. The van der Waals surface area contributed by atoms with Gasteiger partial charge in [0.05, 0.1) is 13.2 Å². The summed E-state index contributed by atoms with van der Waals surface area (Å²) >= 11 is 3.33. The summed E-state index contributed by atoms with van der Waals surface area (Å²) < 4.78 is 35.7. The van der Waals surface area contributed by atoms with Gasteiger partial charge in [0.25, 0.3) is 0 Å². The van der Waals surface area contributed by atoms with Crippen LogP contribution < -0.4 is 4.74 Å². The van der Waals surface area contributed by atoms with Crippen LogP contribution in [-0.4, -0.2) is 30.9 Å². The van der Waals surface area contributed by atoms with Crippen molar-refractivity contribution in [3.63, 3.8) is 0 Å². The molecule has 0 radical (unpaired) electrons. The number of aromatic nitrogens is 1. The van der Waals surface area contributed by atoms with Crippen molar-refractivity contribution in [1.82, 2.24) is 8.87 Å². The van der Waals surface area contributed by atoms with E-state index in [9.17, 15) is 8.42 Å². The lowest BCUT2D eigenvalue weighted by Crippen LogP contribution is -2.40. The van der Waals surface area contributed by atoms with Crippen molar-refractivity contribution in [1.29, 1.82) is 0 Å². The van der Waals surface area contributed by atoms with E-state index in [0.29, 0.717) is 23.3 Å². The molecule has 1 aliphatic heterocycles. The summed E-state index contributed by atoms with van der Waals surface area (Å²) in [6, 6.07) is 8.72. The average Bonchev–Trinajstić information content (AvgIpc) is 2.96. The predicted octanol–water partition coefficient (Wildman–Crippen LogP) is 3.02. The van der Waals surface area contributed by atoms with Gasteiger partial charge in [-0.15, -0.1) is 0 Å². The molecule has 22 heavy (non-hydrogen) atoms. The molecule has 0 N–H and O–H groups in total. The van der Waals surface area contributed by atoms with Crippen LogP contribution >= 0.6 is 15.9 Å². The predicted molar refractivity (Wildman–Crippen MR) is 87.4 cm³/mol. The number of nitrogens with zero attached hydrogens (tertiary/aromatic N) is 2. The van der Waals surface area contributed by atoms with Crippen LogP contribution in [0.1, 0.15) is 18.7 Å². The first kappa shape index (κ1) is 15.6. The van der Waals surface area contributed by atoms with Gasteiger partial charge in [0.2, 0.25) is 10.0 Å². The van der Waals surface area contributed by atoms with Crippen LogP contribution in [0.15, 0.2) is 45.9 Å². The lowest BCUT2D eigenvalue weighted by molar-refractivity contribution is 0.281. The van der Waals surface area contributed by atoms with Crippen molar-refractivity contribution < 1.29 is 13.2 Å². The molecule has 0 amide bonds. The number of benzene rings is 1. The fraction of sp³-hybridized carbons (Fsp3) is 0.333. The van der Waals surface area contributed by atoms with Crippen molar-refractivity contribution >= 4 is 26.0 Å². The molecule has 1 aromatic heterocycles. The van der Waals surface area contributed by atoms with Crippen LogP contribution in [0.5, 0.6) is 5.75 Å². The van der Waals surface area contributed by atoms with Crippen molar-refractivity contribution in [2.45, 2.75) is 24.4 Å². The van der Waals surface area contributed by atoms with Crippen molar-refractivity contribution in [3.8, 4) is 5.75 Å². The summed E-state index contributed by atoms with van der Waals surface area (Å²) in [5.74, 6) is 0.358. The van der Waals surface area contributed by atoms with E-state index in [4.69, 9.17) is 4.74 Å². The first-order chi connectivity index (χ1) is 10.4. The molecule has 0 bridgehead atoms. The molecule has 3 rings (SSSR count). The standard InChI is InChI=1S/C15H17BrN2O3S/c1-11-13-4-3-7-17(13)8-9-18(11)22(19,20)15-10-12(16)5-6-14(15)21-2/h3-7,10-11H,8-9H2,1-2H3/t11-/m1/s1. The number of methoxy groups -OCH3 is 1. The molecule has 2 aromatic rings. The van der Waals surface area contributed by atoms with E-state index >= 15 is 0 Å². The zero-order chi connectivity index (χ0) is 15.9. The Morgan fingerprint density at radius 1 is 1.27 bits per heavy atom. The molecule has 0 saturated heterocycles. The molecule has 0 fully saturated rings. The lowest BCUT2D eigenvalue weighted by Gasteiger charge is -2.34. The smallest absolute Gasteiger partial charge is 0.247 e. The molecule has 2 heterocycles. The summed E-state index contributed by atoms with van der Waals surface area (Å²) in [5, 5.41) is 0. The Balaban J connectivity index is 2.06. The molecule has 118 valence electrons. The molecule has 0 saturated carbocycles. The number of rotatable bonds is 3. The third-order valence-electron chi connectivity index (χ3n) is 4.00. The van der Waals surface area contributed by atoms with Crippen LogP contribution in [0.4, 0.5) is 0 Å². The first-order valence-corrected chi connectivity index (χ1v) is 9.19. The van der Waals surface area contributed by atoms with Crippen LogP contribution in [0.25, 0.3) is 0 Å². The molecule has 5 nitrogen and oxygen atoms in total. The summed E-state index contributed by atoms with van der Waals surface area (Å²) in [6.45, 7) is 3.01. The second kappa shape index (κ2) is 5.72. The van der Waals surface area contributed by atoms with E-state index in [-0.39, 0.29) is 10.9 Å². The molecule has 1 atom stereocenters. The molecule has 0 aliphatic carbocycles. The van der Waals surface area contributed by atoms with Gasteiger partial charge in [-0.25, -0.2) is 8.42 Å². The molecule has 7 heteroatoms. The van der Waals surface area contributed by atoms with E-state index in [1.807, 2.05) is 25.3 Å². The molecular weight excluding hydrogens is 368 g/mol. The first-order valence-electron chi connectivity index (χ1n) is 6.95. The minimum absolute atomic E-state index is 0.191. The molecule has 1 aromatic carbocycles. The average molecular weight is 385 g/mol. The van der Waals surface area contributed by atoms with Gasteiger partial charge >= 0.3 is 0 Å².